The molecule has 9 heteroatoms. The third-order valence-corrected chi connectivity index (χ3v) is 6.88. The van der Waals surface area contributed by atoms with Crippen molar-refractivity contribution in [2.75, 3.05) is 6.61 Å². The van der Waals surface area contributed by atoms with Crippen LogP contribution in [0.15, 0.2) is 72.8 Å². The molecular weight excluding hydrogens is 510 g/mol. The Morgan fingerprint density at radius 3 is 2.20 bits per heavy atom. The number of aliphatic carboxylic acids is 1. The fraction of sp³-hybridized carbons (Fsp3) is 0.323. The number of benzene rings is 3. The number of hydrogen-bond acceptors (Lipinski definition) is 6. The molecule has 5 rings (SSSR count). The first-order valence-corrected chi connectivity index (χ1v) is 13.3. The van der Waals surface area contributed by atoms with Gasteiger partial charge in [-0.05, 0) is 49.1 Å². The Balaban J connectivity index is 1.28. The summed E-state index contributed by atoms with van der Waals surface area (Å²) in [5.74, 6) is -1.36. The van der Waals surface area contributed by atoms with E-state index < -0.39 is 30.0 Å². The highest BCUT2D eigenvalue weighted by Gasteiger charge is 2.30. The van der Waals surface area contributed by atoms with E-state index in [-0.39, 0.29) is 25.5 Å². The van der Waals surface area contributed by atoms with Gasteiger partial charge < -0.3 is 25.0 Å². The van der Waals surface area contributed by atoms with Crippen LogP contribution < -0.4 is 5.32 Å². The lowest BCUT2D eigenvalue weighted by atomic mass is 9.98. The average Bonchev–Trinajstić information content (AvgIpc) is 3.41. The number of aromatic nitrogens is 2. The normalized spacial score (nSPS) is 14.4. The third-order valence-electron chi connectivity index (χ3n) is 6.88. The summed E-state index contributed by atoms with van der Waals surface area (Å²) in [5.41, 5.74) is 5.06. The smallest absolute Gasteiger partial charge is 0.407 e. The number of para-hydroxylation sites is 1. The fourth-order valence-corrected chi connectivity index (χ4v) is 5.24. The second-order valence-electron chi connectivity index (χ2n) is 10.9. The molecule has 3 aromatic carbocycles. The maximum absolute atomic E-state index is 12.8. The van der Waals surface area contributed by atoms with Gasteiger partial charge in [0.15, 0.2) is 6.29 Å². The van der Waals surface area contributed by atoms with Crippen LogP contribution in [-0.4, -0.2) is 56.6 Å². The summed E-state index contributed by atoms with van der Waals surface area (Å²) < 4.78 is 12.7. The molecule has 4 aromatic rings. The van der Waals surface area contributed by atoms with Crippen molar-refractivity contribution in [1.29, 1.82) is 0 Å². The predicted octanol–water partition coefficient (Wildman–Crippen LogP) is 4.70. The molecule has 1 heterocycles. The molecule has 9 nitrogen and oxygen atoms in total. The minimum absolute atomic E-state index is 0.0761. The molecule has 208 valence electrons. The molecule has 1 aliphatic carbocycles. The number of carboxylic acids is 1. The molecule has 0 aliphatic heterocycles. The topological polar surface area (TPSA) is 123 Å². The maximum atomic E-state index is 12.8. The molecule has 40 heavy (non-hydrogen) atoms. The summed E-state index contributed by atoms with van der Waals surface area (Å²) in [6, 6.07) is 22.0. The molecular formula is C31H33N3O6. The van der Waals surface area contributed by atoms with Crippen LogP contribution in [0.1, 0.15) is 43.5 Å². The standard InChI is InChI=1S/C31H33N3O6/c1-31(2,3)40-28(35)16-25-23-14-8-9-15-27(23)34(33-25)17-26(29(36)37)32-30(38)39-18-24-21-12-6-4-10-19(21)20-11-5-7-13-22(20)24/h4-15,24,26,28,35H,16-18H2,1-3H3,(H,32,38)(H,36,37). The van der Waals surface area contributed by atoms with Gasteiger partial charge >= 0.3 is 12.1 Å². The van der Waals surface area contributed by atoms with Gasteiger partial charge in [0.1, 0.15) is 12.6 Å². The van der Waals surface area contributed by atoms with Crippen LogP contribution in [0, 0.1) is 0 Å². The number of nitrogens with one attached hydrogen (secondary N) is 1. The lowest BCUT2D eigenvalue weighted by Gasteiger charge is -2.23. The summed E-state index contributed by atoms with van der Waals surface area (Å²) in [7, 11) is 0. The van der Waals surface area contributed by atoms with E-state index in [4.69, 9.17) is 9.47 Å². The van der Waals surface area contributed by atoms with Crippen molar-refractivity contribution in [2.45, 2.75) is 57.6 Å². The monoisotopic (exact) mass is 543 g/mol. The average molecular weight is 544 g/mol. The predicted molar refractivity (Wildman–Crippen MR) is 150 cm³/mol. The number of rotatable bonds is 9. The van der Waals surface area contributed by atoms with E-state index in [9.17, 15) is 19.8 Å². The molecule has 3 N–H and O–H groups in total. The SMILES string of the molecule is CC(C)(C)OC(O)Cc1nn(CC(NC(=O)OCC2c3ccccc3-c3ccccc32)C(=O)O)c2ccccc12. The number of carbonyl (C=O) groups is 2. The lowest BCUT2D eigenvalue weighted by Crippen LogP contribution is -2.44. The highest BCUT2D eigenvalue weighted by atomic mass is 16.6. The van der Waals surface area contributed by atoms with E-state index in [0.717, 1.165) is 27.6 Å². The number of amides is 1. The molecule has 2 atom stereocenters. The maximum Gasteiger partial charge on any atom is 0.407 e. The van der Waals surface area contributed by atoms with Crippen molar-refractivity contribution in [3.05, 3.63) is 89.6 Å². The second-order valence-corrected chi connectivity index (χ2v) is 10.9. The number of aliphatic hydroxyl groups excluding tert-OH is 1. The second kappa shape index (κ2) is 11.1. The Morgan fingerprint density at radius 2 is 1.57 bits per heavy atom. The van der Waals surface area contributed by atoms with Crippen molar-refractivity contribution in [3.8, 4) is 11.1 Å². The van der Waals surface area contributed by atoms with Gasteiger partial charge in [0, 0.05) is 17.7 Å². The van der Waals surface area contributed by atoms with Crippen LogP contribution in [0.3, 0.4) is 0 Å². The van der Waals surface area contributed by atoms with Gasteiger partial charge in [-0.2, -0.15) is 5.10 Å². The Hall–Kier alpha value is -4.21. The molecule has 0 fully saturated rings. The van der Waals surface area contributed by atoms with Gasteiger partial charge in [0.2, 0.25) is 0 Å². The zero-order chi connectivity index (χ0) is 28.4. The van der Waals surface area contributed by atoms with Crippen LogP contribution in [0.4, 0.5) is 4.79 Å². The number of alkyl carbamates (subject to hydrolysis) is 1. The molecule has 0 radical (unpaired) electrons. The fourth-order valence-electron chi connectivity index (χ4n) is 5.24. The zero-order valence-corrected chi connectivity index (χ0v) is 22.7. The van der Waals surface area contributed by atoms with E-state index in [1.807, 2.05) is 93.6 Å². The number of hydrogen-bond donors (Lipinski definition) is 3. The molecule has 0 saturated carbocycles. The van der Waals surface area contributed by atoms with Gasteiger partial charge in [-0.25, -0.2) is 9.59 Å². The zero-order valence-electron chi connectivity index (χ0n) is 22.7. The molecule has 1 amide bonds. The molecule has 0 spiro atoms. The number of ether oxygens (including phenoxy) is 2. The van der Waals surface area contributed by atoms with Crippen molar-refractivity contribution in [1.82, 2.24) is 15.1 Å². The van der Waals surface area contributed by atoms with Crippen molar-refractivity contribution in [2.24, 2.45) is 0 Å². The van der Waals surface area contributed by atoms with Gasteiger partial charge in [-0.15, -0.1) is 0 Å². The minimum atomic E-state index is -1.29. The number of carboxylic acid groups (broad SMARTS) is 1. The largest absolute Gasteiger partial charge is 0.480 e. The van der Waals surface area contributed by atoms with Crippen molar-refractivity contribution in [3.63, 3.8) is 0 Å². The summed E-state index contributed by atoms with van der Waals surface area (Å²) in [5, 5.41) is 28.2. The Labute approximate surface area is 232 Å². The molecule has 1 aromatic heterocycles. The van der Waals surface area contributed by atoms with Crippen LogP contribution in [0.2, 0.25) is 0 Å². The van der Waals surface area contributed by atoms with Crippen LogP contribution >= 0.6 is 0 Å². The minimum Gasteiger partial charge on any atom is -0.480 e. The van der Waals surface area contributed by atoms with Crippen molar-refractivity contribution >= 4 is 23.0 Å². The molecule has 0 bridgehead atoms. The van der Waals surface area contributed by atoms with Gasteiger partial charge in [-0.1, -0.05) is 66.7 Å². The van der Waals surface area contributed by atoms with Crippen LogP contribution in [-0.2, 0) is 27.2 Å². The molecule has 0 saturated heterocycles. The quantitative estimate of drug-likeness (QED) is 0.262. The summed E-state index contributed by atoms with van der Waals surface area (Å²) in [6.07, 6.45) is -1.77. The summed E-state index contributed by atoms with van der Waals surface area (Å²) in [4.78, 5) is 24.9. The first kappa shape index (κ1) is 27.4. The third kappa shape index (κ3) is 5.85. The van der Waals surface area contributed by atoms with E-state index in [0.29, 0.717) is 11.2 Å². The van der Waals surface area contributed by atoms with Gasteiger partial charge in [0.05, 0.1) is 23.4 Å². The molecule has 1 aliphatic rings. The van der Waals surface area contributed by atoms with E-state index in [1.165, 1.54) is 4.68 Å². The van der Waals surface area contributed by atoms with E-state index in [2.05, 4.69) is 10.4 Å². The van der Waals surface area contributed by atoms with Crippen LogP contribution in [0.5, 0.6) is 0 Å². The Kier molecular flexibility index (Phi) is 7.60. The highest BCUT2D eigenvalue weighted by molar-refractivity contribution is 5.83. The number of nitrogens with zero attached hydrogens (tertiary/aromatic N) is 2. The number of carbonyl (C=O) groups excluding carboxylic acids is 1. The van der Waals surface area contributed by atoms with Crippen LogP contribution in [0.25, 0.3) is 22.0 Å². The number of fused-ring (bicyclic) bond motifs is 4. The van der Waals surface area contributed by atoms with Gasteiger partial charge in [0.25, 0.3) is 0 Å². The van der Waals surface area contributed by atoms with Crippen molar-refractivity contribution < 1.29 is 29.3 Å². The Morgan fingerprint density at radius 1 is 0.975 bits per heavy atom. The van der Waals surface area contributed by atoms with E-state index in [1.54, 1.807) is 0 Å². The summed E-state index contributed by atoms with van der Waals surface area (Å²) >= 11 is 0. The van der Waals surface area contributed by atoms with Gasteiger partial charge in [-0.3, -0.25) is 4.68 Å². The lowest BCUT2D eigenvalue weighted by molar-refractivity contribution is -0.164. The highest BCUT2D eigenvalue weighted by Crippen LogP contribution is 2.44. The first-order valence-electron chi connectivity index (χ1n) is 13.3. The first-order chi connectivity index (χ1) is 19.1. The Bertz CT molecular complexity index is 1490. The number of aliphatic hydroxyl groups is 1. The summed E-state index contributed by atoms with van der Waals surface area (Å²) in [6.45, 7) is 5.49. The van der Waals surface area contributed by atoms with E-state index >= 15 is 0 Å². The molecule has 2 unspecified atom stereocenters.